The number of benzene rings is 2. The van der Waals surface area contributed by atoms with Crippen molar-refractivity contribution < 1.29 is 19.4 Å². The van der Waals surface area contributed by atoms with Gasteiger partial charge in [0.25, 0.3) is 0 Å². The standard InChI is InChI=1S/C30H34O4/c1-5-30(4,29(31)32)34-28-13-9-12-27(18-19-28)33-21-26(22(2)3)20-23-14-16-25(17-15-23)24-10-7-6-8-11-24/h6-8,10-20,22H,5,9,21H2,1-4H3,(H,31,32)/b26-20-. The molecule has 1 atom stereocenters. The summed E-state index contributed by atoms with van der Waals surface area (Å²) < 4.78 is 11.9. The number of carboxylic acid groups (broad SMARTS) is 1. The lowest BCUT2D eigenvalue weighted by Gasteiger charge is -2.25. The maximum Gasteiger partial charge on any atom is 0.347 e. The number of carboxylic acids is 1. The maximum atomic E-state index is 11.5. The highest BCUT2D eigenvalue weighted by Gasteiger charge is 2.33. The minimum absolute atomic E-state index is 0.335. The van der Waals surface area contributed by atoms with E-state index < -0.39 is 11.6 Å². The molecule has 34 heavy (non-hydrogen) atoms. The fraction of sp³-hybridized carbons (Fsp3) is 0.300. The van der Waals surface area contributed by atoms with Gasteiger partial charge in [0.1, 0.15) is 18.1 Å². The molecule has 178 valence electrons. The van der Waals surface area contributed by atoms with E-state index in [1.807, 2.05) is 36.4 Å². The molecule has 1 aliphatic rings. The van der Waals surface area contributed by atoms with E-state index in [-0.39, 0.29) is 0 Å². The normalized spacial score (nSPS) is 15.7. The summed E-state index contributed by atoms with van der Waals surface area (Å²) in [7, 11) is 0. The zero-order chi connectivity index (χ0) is 24.6. The van der Waals surface area contributed by atoms with Crippen LogP contribution >= 0.6 is 0 Å². The van der Waals surface area contributed by atoms with Gasteiger partial charge in [-0.3, -0.25) is 0 Å². The third-order valence-corrected chi connectivity index (χ3v) is 6.04. The summed E-state index contributed by atoms with van der Waals surface area (Å²) in [5, 5.41) is 9.46. The first-order valence-corrected chi connectivity index (χ1v) is 11.8. The van der Waals surface area contributed by atoms with Gasteiger partial charge in [0, 0.05) is 0 Å². The van der Waals surface area contributed by atoms with Gasteiger partial charge in [-0.1, -0.05) is 81.4 Å². The van der Waals surface area contributed by atoms with Crippen LogP contribution in [-0.2, 0) is 14.3 Å². The van der Waals surface area contributed by atoms with Crippen LogP contribution < -0.4 is 0 Å². The topological polar surface area (TPSA) is 55.8 Å². The Morgan fingerprint density at radius 1 is 1.00 bits per heavy atom. The Labute approximate surface area is 202 Å². The minimum Gasteiger partial charge on any atom is -0.490 e. The molecule has 4 heteroatoms. The van der Waals surface area contributed by atoms with Crippen LogP contribution in [0.2, 0.25) is 0 Å². The molecular formula is C30H34O4. The van der Waals surface area contributed by atoms with Crippen LogP contribution in [0.5, 0.6) is 0 Å². The molecule has 0 saturated carbocycles. The van der Waals surface area contributed by atoms with Crippen molar-refractivity contribution in [2.24, 2.45) is 5.92 Å². The van der Waals surface area contributed by atoms with Crippen LogP contribution in [0.15, 0.2) is 96.0 Å². The Kier molecular flexibility index (Phi) is 8.53. The monoisotopic (exact) mass is 458 g/mol. The number of aliphatic carboxylic acids is 1. The number of carbonyl (C=O) groups is 1. The summed E-state index contributed by atoms with van der Waals surface area (Å²) in [6, 6.07) is 18.9. The second-order valence-corrected chi connectivity index (χ2v) is 8.92. The molecule has 1 unspecified atom stereocenters. The van der Waals surface area contributed by atoms with Gasteiger partial charge in [-0.25, -0.2) is 4.79 Å². The molecule has 0 fully saturated rings. The van der Waals surface area contributed by atoms with Crippen molar-refractivity contribution in [2.45, 2.75) is 46.1 Å². The average Bonchev–Trinajstić information content (AvgIpc) is 3.07. The van der Waals surface area contributed by atoms with Gasteiger partial charge in [0.2, 0.25) is 5.60 Å². The third-order valence-electron chi connectivity index (χ3n) is 6.04. The second-order valence-electron chi connectivity index (χ2n) is 8.92. The van der Waals surface area contributed by atoms with Crippen molar-refractivity contribution in [3.8, 4) is 11.1 Å². The summed E-state index contributed by atoms with van der Waals surface area (Å²) in [5.41, 5.74) is 3.49. The zero-order valence-corrected chi connectivity index (χ0v) is 20.5. The van der Waals surface area contributed by atoms with Gasteiger partial charge >= 0.3 is 5.97 Å². The molecule has 0 amide bonds. The smallest absolute Gasteiger partial charge is 0.347 e. The molecule has 2 aromatic rings. The molecule has 0 spiro atoms. The summed E-state index contributed by atoms with van der Waals surface area (Å²) in [5.74, 6) is 0.651. The van der Waals surface area contributed by atoms with Crippen molar-refractivity contribution in [3.05, 3.63) is 102 Å². The average molecular weight is 459 g/mol. The van der Waals surface area contributed by atoms with E-state index >= 15 is 0 Å². The van der Waals surface area contributed by atoms with Gasteiger partial charge in [-0.15, -0.1) is 0 Å². The van der Waals surface area contributed by atoms with Crippen molar-refractivity contribution in [1.82, 2.24) is 0 Å². The summed E-state index contributed by atoms with van der Waals surface area (Å²) in [6.07, 6.45) is 10.6. The Bertz CT molecular complexity index is 1090. The maximum absolute atomic E-state index is 11.5. The van der Waals surface area contributed by atoms with Gasteiger partial charge in [0.05, 0.1) is 0 Å². The Morgan fingerprint density at radius 3 is 2.24 bits per heavy atom. The predicted molar refractivity (Wildman–Crippen MR) is 138 cm³/mol. The van der Waals surface area contributed by atoms with E-state index in [1.54, 1.807) is 19.9 Å². The van der Waals surface area contributed by atoms with E-state index in [4.69, 9.17) is 9.47 Å². The van der Waals surface area contributed by atoms with E-state index in [1.165, 1.54) is 16.7 Å². The molecule has 2 aromatic carbocycles. The fourth-order valence-electron chi connectivity index (χ4n) is 3.46. The quantitative estimate of drug-likeness (QED) is 0.403. The van der Waals surface area contributed by atoms with Gasteiger partial charge in [-0.2, -0.15) is 0 Å². The van der Waals surface area contributed by atoms with Gasteiger partial charge in [-0.05, 0) is 72.3 Å². The van der Waals surface area contributed by atoms with E-state index in [9.17, 15) is 9.90 Å². The first kappa shape index (κ1) is 25.1. The number of hydrogen-bond acceptors (Lipinski definition) is 3. The third kappa shape index (κ3) is 6.74. The molecule has 0 saturated heterocycles. The fourth-order valence-corrected chi connectivity index (χ4v) is 3.46. The SMILES string of the molecule is CCC(C)(OC1=CCC=C(OC/C(=C/c2ccc(-c3ccccc3)cc2)C(C)C)C=C1)C(=O)O. The van der Waals surface area contributed by atoms with E-state index in [0.29, 0.717) is 31.1 Å². The molecule has 0 heterocycles. The Balaban J connectivity index is 1.64. The van der Waals surface area contributed by atoms with Crippen molar-refractivity contribution >= 4 is 12.0 Å². The highest BCUT2D eigenvalue weighted by atomic mass is 16.5. The van der Waals surface area contributed by atoms with E-state index in [2.05, 4.69) is 56.3 Å². The summed E-state index contributed by atoms with van der Waals surface area (Å²) in [4.78, 5) is 11.5. The zero-order valence-electron chi connectivity index (χ0n) is 20.5. The van der Waals surface area contributed by atoms with Crippen LogP contribution in [0.3, 0.4) is 0 Å². The number of allylic oxidation sites excluding steroid dienone is 4. The summed E-state index contributed by atoms with van der Waals surface area (Å²) in [6.45, 7) is 8.20. The number of hydrogen-bond donors (Lipinski definition) is 1. The van der Waals surface area contributed by atoms with Gasteiger partial charge in [0.15, 0.2) is 0 Å². The van der Waals surface area contributed by atoms with Gasteiger partial charge < -0.3 is 14.6 Å². The Morgan fingerprint density at radius 2 is 1.62 bits per heavy atom. The lowest BCUT2D eigenvalue weighted by molar-refractivity contribution is -0.158. The van der Waals surface area contributed by atoms with Crippen LogP contribution in [0.4, 0.5) is 0 Å². The minimum atomic E-state index is -1.24. The predicted octanol–water partition coefficient (Wildman–Crippen LogP) is 7.41. The lowest BCUT2D eigenvalue weighted by Crippen LogP contribution is -2.37. The van der Waals surface area contributed by atoms with Crippen LogP contribution in [0.25, 0.3) is 17.2 Å². The highest BCUT2D eigenvalue weighted by molar-refractivity contribution is 5.77. The van der Waals surface area contributed by atoms with Crippen molar-refractivity contribution in [1.29, 1.82) is 0 Å². The van der Waals surface area contributed by atoms with E-state index in [0.717, 1.165) is 11.3 Å². The molecular weight excluding hydrogens is 424 g/mol. The van der Waals surface area contributed by atoms with Crippen LogP contribution in [0.1, 0.15) is 46.1 Å². The highest BCUT2D eigenvalue weighted by Crippen LogP contribution is 2.25. The molecule has 0 aliphatic heterocycles. The molecule has 0 aromatic heterocycles. The molecule has 1 N–H and O–H groups in total. The first-order valence-electron chi connectivity index (χ1n) is 11.8. The Hall–Kier alpha value is -3.53. The molecule has 3 rings (SSSR count). The van der Waals surface area contributed by atoms with Crippen LogP contribution in [0, 0.1) is 5.92 Å². The molecule has 1 aliphatic carbocycles. The summed E-state index contributed by atoms with van der Waals surface area (Å²) >= 11 is 0. The van der Waals surface area contributed by atoms with Crippen molar-refractivity contribution in [3.63, 3.8) is 0 Å². The lowest BCUT2D eigenvalue weighted by atomic mass is 9.99. The number of rotatable bonds is 10. The second kappa shape index (κ2) is 11.6. The molecule has 0 bridgehead atoms. The largest absolute Gasteiger partial charge is 0.490 e. The molecule has 4 nitrogen and oxygen atoms in total. The van der Waals surface area contributed by atoms with Crippen LogP contribution in [-0.4, -0.2) is 23.3 Å². The van der Waals surface area contributed by atoms with Crippen molar-refractivity contribution in [2.75, 3.05) is 6.61 Å². The molecule has 0 radical (unpaired) electrons. The number of ether oxygens (including phenoxy) is 2. The first-order chi connectivity index (χ1) is 16.3.